The van der Waals surface area contributed by atoms with Crippen LogP contribution in [0.4, 0.5) is 0 Å². The Kier molecular flexibility index (Phi) is 17.9. The Bertz CT molecular complexity index is 2610. The predicted molar refractivity (Wildman–Crippen MR) is 246 cm³/mol. The smallest absolute Gasteiger partial charge is 0.331 e. The van der Waals surface area contributed by atoms with Crippen molar-refractivity contribution in [1.82, 2.24) is 0 Å². The predicted octanol–water partition coefficient (Wildman–Crippen LogP) is 2.50. The number of benzene rings is 4. The van der Waals surface area contributed by atoms with E-state index in [2.05, 4.69) is 0 Å². The second-order valence-corrected chi connectivity index (χ2v) is 15.7. The molecule has 0 aliphatic carbocycles. The van der Waals surface area contributed by atoms with Crippen molar-refractivity contribution >= 4 is 48.2 Å². The summed E-state index contributed by atoms with van der Waals surface area (Å²) in [6.07, 6.45) is -6.40. The van der Waals surface area contributed by atoms with E-state index >= 15 is 0 Å². The van der Waals surface area contributed by atoms with Gasteiger partial charge >= 0.3 is 23.9 Å². The summed E-state index contributed by atoms with van der Waals surface area (Å²) in [5.41, 5.74) is 1.74. The van der Waals surface area contributed by atoms with Crippen molar-refractivity contribution in [2.24, 2.45) is 0 Å². The van der Waals surface area contributed by atoms with Crippen molar-refractivity contribution in [1.29, 1.82) is 0 Å². The van der Waals surface area contributed by atoms with Crippen molar-refractivity contribution in [2.75, 3.05) is 34.0 Å². The van der Waals surface area contributed by atoms with Gasteiger partial charge in [0, 0.05) is 24.3 Å². The molecule has 4 aromatic carbocycles. The molecule has 2 saturated heterocycles. The Morgan fingerprint density at radius 2 is 0.972 bits per heavy atom. The van der Waals surface area contributed by atoms with Crippen LogP contribution in [0.1, 0.15) is 22.3 Å². The highest BCUT2D eigenvalue weighted by molar-refractivity contribution is 5.89. The molecule has 0 saturated carbocycles. The van der Waals surface area contributed by atoms with E-state index in [-0.39, 0.29) is 34.5 Å². The van der Waals surface area contributed by atoms with Gasteiger partial charge in [-0.05, 0) is 95.1 Å². The maximum atomic E-state index is 13.5. The van der Waals surface area contributed by atoms with Crippen LogP contribution in [0.5, 0.6) is 34.5 Å². The Balaban J connectivity index is 1.28. The number of rotatable bonds is 19. The minimum atomic E-state index is -2.71. The molecule has 0 spiro atoms. The molecule has 0 amide bonds. The summed E-state index contributed by atoms with van der Waals surface area (Å²) in [6, 6.07) is 19.9. The molecule has 4 aromatic rings. The second-order valence-electron chi connectivity index (χ2n) is 15.7. The highest BCUT2D eigenvalue weighted by atomic mass is 16.8. The van der Waals surface area contributed by atoms with E-state index < -0.39 is 98.5 Å². The van der Waals surface area contributed by atoms with Gasteiger partial charge in [0.2, 0.25) is 5.79 Å². The molecule has 8 N–H and O–H groups in total. The van der Waals surface area contributed by atoms with Crippen LogP contribution in [0.25, 0.3) is 24.3 Å². The van der Waals surface area contributed by atoms with Gasteiger partial charge in [-0.3, -0.25) is 0 Å². The fourth-order valence-electron chi connectivity index (χ4n) is 6.97. The van der Waals surface area contributed by atoms with E-state index in [1.54, 1.807) is 0 Å². The number of carbonyl (C=O) groups is 4. The van der Waals surface area contributed by atoms with Crippen molar-refractivity contribution in [3.8, 4) is 34.5 Å². The topological polar surface area (TPSA) is 313 Å². The van der Waals surface area contributed by atoms with Crippen molar-refractivity contribution < 1.29 is 103 Å². The van der Waals surface area contributed by atoms with Crippen molar-refractivity contribution in [3.63, 3.8) is 0 Å². The molecular formula is C50H50O21. The molecule has 6 rings (SSSR count). The van der Waals surface area contributed by atoms with E-state index in [4.69, 9.17) is 42.6 Å². The number of ether oxygens (including phenoxy) is 9. The van der Waals surface area contributed by atoms with Gasteiger partial charge in [0.1, 0.15) is 67.9 Å². The Labute approximate surface area is 404 Å². The first-order valence-corrected chi connectivity index (χ1v) is 21.5. The first-order chi connectivity index (χ1) is 34.0. The first kappa shape index (κ1) is 52.6. The summed E-state index contributed by atoms with van der Waals surface area (Å²) in [4.78, 5) is 52.6. The van der Waals surface area contributed by atoms with E-state index in [1.807, 2.05) is 0 Å². The molecule has 2 heterocycles. The van der Waals surface area contributed by atoms with Crippen LogP contribution in [0.3, 0.4) is 0 Å². The quantitative estimate of drug-likeness (QED) is 0.0380. The van der Waals surface area contributed by atoms with Crippen molar-refractivity contribution in [2.45, 2.75) is 54.8 Å². The average Bonchev–Trinajstić information content (AvgIpc) is 3.62. The van der Waals surface area contributed by atoms with E-state index in [9.17, 15) is 60.0 Å². The Morgan fingerprint density at radius 1 is 0.535 bits per heavy atom. The lowest BCUT2D eigenvalue weighted by molar-refractivity contribution is -0.383. The molecule has 71 heavy (non-hydrogen) atoms. The maximum absolute atomic E-state index is 13.5. The standard InChI is InChI=1S/C50H50O21/c1-63-36-23-30(7-17-34(36)53)11-20-41(56)65-25-38-44(59)46(61)47(62)49(68-38)71-50(27-67-42(57)21-12-31-8-18-35(54)37(24-31)64-2)48(69-43(58)22-10-29-5-15-33(52)16-6-29)45(60)39(70-50)26-66-40(55)19-9-28-3-13-32(51)14-4-28/h3-24,38-39,44-49,51-54,59-62H,25-27H2,1-2H3/t38-,39-,44-,45-,46+,47-,48+,49-,50+/m1/s1. The average molecular weight is 987 g/mol. The molecule has 2 fully saturated rings. The zero-order valence-corrected chi connectivity index (χ0v) is 37.8. The third kappa shape index (κ3) is 14.2. The zero-order valence-electron chi connectivity index (χ0n) is 37.8. The fraction of sp³-hybridized carbons (Fsp3) is 0.280. The number of methoxy groups -OCH3 is 2. The van der Waals surface area contributed by atoms with Gasteiger partial charge < -0.3 is 83.5 Å². The highest BCUT2D eigenvalue weighted by Crippen LogP contribution is 2.39. The van der Waals surface area contributed by atoms with Gasteiger partial charge in [0.05, 0.1) is 14.2 Å². The number of aliphatic hydroxyl groups is 4. The molecule has 0 unspecified atom stereocenters. The summed E-state index contributed by atoms with van der Waals surface area (Å²) in [5.74, 6) is -7.02. The van der Waals surface area contributed by atoms with Crippen LogP contribution in [-0.2, 0) is 52.3 Å². The number of phenols is 4. The minimum Gasteiger partial charge on any atom is -0.508 e. The summed E-state index contributed by atoms with van der Waals surface area (Å²) >= 11 is 0. The second kappa shape index (κ2) is 24.2. The molecule has 2 aliphatic heterocycles. The van der Waals surface area contributed by atoms with Gasteiger partial charge in [-0.1, -0.05) is 36.4 Å². The highest BCUT2D eigenvalue weighted by Gasteiger charge is 2.62. The molecule has 21 heteroatoms. The molecule has 376 valence electrons. The number of hydrogen-bond acceptors (Lipinski definition) is 21. The van der Waals surface area contributed by atoms with Gasteiger partial charge in [0.25, 0.3) is 0 Å². The summed E-state index contributed by atoms with van der Waals surface area (Å²) in [6.45, 7) is -2.62. The van der Waals surface area contributed by atoms with Crippen LogP contribution in [-0.4, -0.2) is 154 Å². The fourth-order valence-corrected chi connectivity index (χ4v) is 6.97. The third-order valence-corrected chi connectivity index (χ3v) is 10.7. The molecule has 2 aliphatic rings. The van der Waals surface area contributed by atoms with Gasteiger partial charge in [0.15, 0.2) is 35.4 Å². The maximum Gasteiger partial charge on any atom is 0.331 e. The number of aromatic hydroxyl groups is 4. The van der Waals surface area contributed by atoms with Crippen molar-refractivity contribution in [3.05, 3.63) is 131 Å². The van der Waals surface area contributed by atoms with E-state index in [0.29, 0.717) is 22.3 Å². The number of phenolic OH excluding ortho intramolecular Hbond substituents is 4. The molecule has 9 atom stereocenters. The molecular weight excluding hydrogens is 937 g/mol. The summed E-state index contributed by atoms with van der Waals surface area (Å²) in [5, 5.41) is 84.2. The van der Waals surface area contributed by atoms with Gasteiger partial charge in [-0.2, -0.15) is 0 Å². The SMILES string of the molecule is COc1cc(C=CC(=O)OC[C@H]2O[C@H](O[C@]3(COC(=O)C=Cc4ccc(O)c(OC)c4)O[C@H](COC(=O)C=Cc4ccc(O)cc4)[C@@H](O)[C@@H]3OC(=O)C=Cc3ccc(O)cc3)[C@H](O)[C@@H](O)[C@@H]2O)ccc1O. The monoisotopic (exact) mass is 986 g/mol. The zero-order chi connectivity index (χ0) is 51.2. The van der Waals surface area contributed by atoms with Crippen LogP contribution in [0.15, 0.2) is 109 Å². The minimum absolute atomic E-state index is 0.0121. The Hall–Kier alpha value is -7.76. The van der Waals surface area contributed by atoms with E-state index in [1.165, 1.54) is 123 Å². The summed E-state index contributed by atoms with van der Waals surface area (Å²) in [7, 11) is 2.66. The number of carbonyl (C=O) groups excluding carboxylic acids is 4. The van der Waals surface area contributed by atoms with Crippen LogP contribution in [0, 0.1) is 0 Å². The number of hydrogen-bond donors (Lipinski definition) is 8. The summed E-state index contributed by atoms with van der Waals surface area (Å²) < 4.78 is 50.2. The largest absolute Gasteiger partial charge is 0.508 e. The number of aliphatic hydroxyl groups excluding tert-OH is 4. The first-order valence-electron chi connectivity index (χ1n) is 21.5. The van der Waals surface area contributed by atoms with Gasteiger partial charge in [-0.15, -0.1) is 0 Å². The lowest BCUT2D eigenvalue weighted by Gasteiger charge is -2.43. The van der Waals surface area contributed by atoms with Crippen LogP contribution in [0.2, 0.25) is 0 Å². The molecule has 0 radical (unpaired) electrons. The van der Waals surface area contributed by atoms with E-state index in [0.717, 1.165) is 24.3 Å². The van der Waals surface area contributed by atoms with Gasteiger partial charge in [-0.25, -0.2) is 19.2 Å². The molecule has 21 nitrogen and oxygen atoms in total. The third-order valence-electron chi connectivity index (χ3n) is 10.7. The Morgan fingerprint density at radius 3 is 1.46 bits per heavy atom. The lowest BCUT2D eigenvalue weighted by Crippen LogP contribution is -2.63. The molecule has 0 bridgehead atoms. The molecule has 0 aromatic heterocycles. The van der Waals surface area contributed by atoms with Crippen LogP contribution >= 0.6 is 0 Å². The normalized spacial score (nSPS) is 24.3. The van der Waals surface area contributed by atoms with Crippen LogP contribution < -0.4 is 9.47 Å². The number of esters is 4. The lowest BCUT2D eigenvalue weighted by atomic mass is 9.98.